The van der Waals surface area contributed by atoms with Crippen molar-refractivity contribution in [3.8, 4) is 0 Å². The lowest BCUT2D eigenvalue weighted by Gasteiger charge is -2.18. The van der Waals surface area contributed by atoms with Crippen LogP contribution < -0.4 is 5.32 Å². The van der Waals surface area contributed by atoms with Crippen molar-refractivity contribution in [1.29, 1.82) is 0 Å². The molecule has 0 amide bonds. The first-order valence-electron chi connectivity index (χ1n) is 11.2. The maximum atomic E-state index is 11.0. The van der Waals surface area contributed by atoms with Gasteiger partial charge in [-0.1, -0.05) is 12.8 Å². The molecule has 7 heteroatoms. The zero-order valence-corrected chi connectivity index (χ0v) is 18.1. The summed E-state index contributed by atoms with van der Waals surface area (Å²) in [6, 6.07) is 7.26. The number of carboxylic acids is 1. The van der Waals surface area contributed by atoms with Gasteiger partial charge in [0.25, 0.3) is 0 Å². The van der Waals surface area contributed by atoms with Crippen LogP contribution in [0.3, 0.4) is 0 Å². The SMILES string of the molecule is O=C(O)CC1CSC(c2cc3cc(CN4CCCC4)cc(NC4CCCC4)c3[nH]2)=N1. The number of aliphatic carboxylic acids is 1. The summed E-state index contributed by atoms with van der Waals surface area (Å²) in [7, 11) is 0. The van der Waals surface area contributed by atoms with E-state index in [1.165, 1.54) is 68.3 Å². The minimum atomic E-state index is -0.781. The lowest BCUT2D eigenvalue weighted by molar-refractivity contribution is -0.137. The van der Waals surface area contributed by atoms with E-state index in [2.05, 4.69) is 38.4 Å². The number of aliphatic imine (C=N–C) groups is 1. The van der Waals surface area contributed by atoms with E-state index in [1.807, 2.05) is 0 Å². The summed E-state index contributed by atoms with van der Waals surface area (Å²) in [5.74, 6) is -0.0402. The summed E-state index contributed by atoms with van der Waals surface area (Å²) >= 11 is 1.66. The fourth-order valence-electron chi connectivity index (χ4n) is 4.98. The van der Waals surface area contributed by atoms with Gasteiger partial charge >= 0.3 is 5.97 Å². The zero-order valence-electron chi connectivity index (χ0n) is 17.3. The Morgan fingerprint density at radius 3 is 2.77 bits per heavy atom. The van der Waals surface area contributed by atoms with Crippen molar-refractivity contribution < 1.29 is 9.90 Å². The molecule has 2 aliphatic heterocycles. The molecule has 1 aromatic heterocycles. The molecule has 2 fully saturated rings. The van der Waals surface area contributed by atoms with Crippen LogP contribution in [0.15, 0.2) is 23.2 Å². The number of likely N-dealkylation sites (tertiary alicyclic amines) is 1. The van der Waals surface area contributed by atoms with E-state index in [9.17, 15) is 4.79 Å². The van der Waals surface area contributed by atoms with E-state index in [0.29, 0.717) is 6.04 Å². The van der Waals surface area contributed by atoms with Crippen molar-refractivity contribution in [3.63, 3.8) is 0 Å². The first kappa shape index (κ1) is 19.9. The Hall–Kier alpha value is -1.99. The minimum Gasteiger partial charge on any atom is -0.481 e. The van der Waals surface area contributed by atoms with Crippen LogP contribution in [0, 0.1) is 0 Å². The predicted octanol–water partition coefficient (Wildman–Crippen LogP) is 4.45. The highest BCUT2D eigenvalue weighted by molar-refractivity contribution is 8.14. The van der Waals surface area contributed by atoms with Gasteiger partial charge in [-0.15, -0.1) is 11.8 Å². The van der Waals surface area contributed by atoms with Crippen molar-refractivity contribution in [3.05, 3.63) is 29.5 Å². The Morgan fingerprint density at radius 1 is 1.20 bits per heavy atom. The van der Waals surface area contributed by atoms with Crippen LogP contribution in [0.25, 0.3) is 10.9 Å². The van der Waals surface area contributed by atoms with E-state index in [1.54, 1.807) is 11.8 Å². The topological polar surface area (TPSA) is 80.7 Å². The van der Waals surface area contributed by atoms with E-state index in [4.69, 9.17) is 5.11 Å². The highest BCUT2D eigenvalue weighted by Gasteiger charge is 2.24. The number of hydrogen-bond acceptors (Lipinski definition) is 5. The normalized spacial score (nSPS) is 22.8. The average Bonchev–Trinajstić information content (AvgIpc) is 3.49. The number of benzene rings is 1. The molecular weight excluding hydrogens is 396 g/mol. The smallest absolute Gasteiger partial charge is 0.305 e. The summed E-state index contributed by atoms with van der Waals surface area (Å²) in [6.45, 7) is 3.40. The van der Waals surface area contributed by atoms with Gasteiger partial charge in [0, 0.05) is 23.7 Å². The van der Waals surface area contributed by atoms with Crippen LogP contribution in [0.4, 0.5) is 5.69 Å². The second kappa shape index (κ2) is 8.63. The predicted molar refractivity (Wildman–Crippen MR) is 124 cm³/mol. The van der Waals surface area contributed by atoms with Crippen LogP contribution in [-0.2, 0) is 11.3 Å². The number of anilines is 1. The maximum Gasteiger partial charge on any atom is 0.305 e. The highest BCUT2D eigenvalue weighted by atomic mass is 32.2. The molecule has 1 atom stereocenters. The van der Waals surface area contributed by atoms with E-state index >= 15 is 0 Å². The number of hydrogen-bond donors (Lipinski definition) is 3. The van der Waals surface area contributed by atoms with E-state index in [0.717, 1.165) is 28.6 Å². The van der Waals surface area contributed by atoms with Gasteiger partial charge in [-0.3, -0.25) is 14.7 Å². The van der Waals surface area contributed by atoms with Crippen molar-refractivity contribution in [2.75, 3.05) is 24.2 Å². The van der Waals surface area contributed by atoms with Crippen molar-refractivity contribution in [1.82, 2.24) is 9.88 Å². The first-order valence-corrected chi connectivity index (χ1v) is 12.2. The molecule has 30 heavy (non-hydrogen) atoms. The molecule has 3 heterocycles. The average molecular weight is 427 g/mol. The molecule has 6 nitrogen and oxygen atoms in total. The number of nitrogens with one attached hydrogen (secondary N) is 2. The number of carboxylic acid groups (broad SMARTS) is 1. The van der Waals surface area contributed by atoms with Crippen molar-refractivity contribution >= 4 is 39.4 Å². The molecule has 3 N–H and O–H groups in total. The van der Waals surface area contributed by atoms with Crippen molar-refractivity contribution in [2.24, 2.45) is 4.99 Å². The Morgan fingerprint density at radius 2 is 2.00 bits per heavy atom. The molecule has 1 aliphatic carbocycles. The van der Waals surface area contributed by atoms with Gasteiger partial charge in [-0.2, -0.15) is 0 Å². The molecule has 1 saturated carbocycles. The summed E-state index contributed by atoms with van der Waals surface area (Å²) in [6.07, 6.45) is 7.81. The van der Waals surface area contributed by atoms with Crippen LogP contribution >= 0.6 is 11.8 Å². The minimum absolute atomic E-state index is 0.102. The second-order valence-corrected chi connectivity index (χ2v) is 9.91. The van der Waals surface area contributed by atoms with Gasteiger partial charge < -0.3 is 15.4 Å². The standard InChI is InChI=1S/C23H30N4O2S/c28-21(29)12-18-14-30-23(25-18)20-11-16-9-15(13-27-7-3-4-8-27)10-19(22(16)26-20)24-17-5-1-2-6-17/h9-11,17-18,24,26H,1-8,12-14H2,(H,28,29). The largest absolute Gasteiger partial charge is 0.481 e. The van der Waals surface area contributed by atoms with Crippen molar-refractivity contribution in [2.45, 2.75) is 63.6 Å². The number of aromatic nitrogens is 1. The third-order valence-electron chi connectivity index (χ3n) is 6.46. The third-order valence-corrected chi connectivity index (χ3v) is 7.61. The Labute approximate surface area is 181 Å². The summed E-state index contributed by atoms with van der Waals surface area (Å²) in [5, 5.41) is 15.0. The van der Waals surface area contributed by atoms with Crippen LogP contribution in [0.2, 0.25) is 0 Å². The summed E-state index contributed by atoms with van der Waals surface area (Å²) in [4.78, 5) is 21.8. The molecule has 1 unspecified atom stereocenters. The number of nitrogens with zero attached hydrogens (tertiary/aromatic N) is 2. The van der Waals surface area contributed by atoms with Gasteiger partial charge in [0.1, 0.15) is 5.04 Å². The molecule has 5 rings (SSSR count). The molecule has 3 aliphatic rings. The first-order chi connectivity index (χ1) is 14.6. The summed E-state index contributed by atoms with van der Waals surface area (Å²) in [5.41, 5.74) is 4.72. The third kappa shape index (κ3) is 4.37. The number of aromatic amines is 1. The van der Waals surface area contributed by atoms with E-state index in [-0.39, 0.29) is 12.5 Å². The lowest BCUT2D eigenvalue weighted by atomic mass is 10.1. The molecule has 1 aromatic carbocycles. The zero-order chi connectivity index (χ0) is 20.5. The van der Waals surface area contributed by atoms with Gasteiger partial charge in [0.2, 0.25) is 0 Å². The lowest BCUT2D eigenvalue weighted by Crippen LogP contribution is -2.19. The monoisotopic (exact) mass is 426 g/mol. The number of fused-ring (bicyclic) bond motifs is 1. The van der Waals surface area contributed by atoms with Gasteiger partial charge in [-0.05, 0) is 62.5 Å². The maximum absolute atomic E-state index is 11.0. The Bertz CT molecular complexity index is 958. The fraction of sp³-hybridized carbons (Fsp3) is 0.565. The summed E-state index contributed by atoms with van der Waals surface area (Å²) < 4.78 is 0. The quantitative estimate of drug-likeness (QED) is 0.609. The van der Waals surface area contributed by atoms with E-state index < -0.39 is 5.97 Å². The van der Waals surface area contributed by atoms with Gasteiger partial charge in [-0.25, -0.2) is 0 Å². The Balaban J connectivity index is 1.46. The number of rotatable bonds is 7. The van der Waals surface area contributed by atoms with Gasteiger partial charge in [0.05, 0.1) is 29.4 Å². The van der Waals surface area contributed by atoms with Gasteiger partial charge in [0.15, 0.2) is 0 Å². The molecule has 160 valence electrons. The Kier molecular flexibility index (Phi) is 5.74. The molecule has 0 spiro atoms. The number of H-pyrrole nitrogens is 1. The number of carbonyl (C=O) groups is 1. The van der Waals surface area contributed by atoms with Crippen LogP contribution in [-0.4, -0.2) is 56.9 Å². The number of thioether (sulfide) groups is 1. The second-order valence-electron chi connectivity index (χ2n) is 8.90. The molecular formula is C23H30N4O2S. The molecule has 1 saturated heterocycles. The molecule has 0 bridgehead atoms. The highest BCUT2D eigenvalue weighted by Crippen LogP contribution is 2.33. The van der Waals surface area contributed by atoms with Crippen LogP contribution in [0.1, 0.15) is 56.2 Å². The molecule has 2 aromatic rings. The van der Waals surface area contributed by atoms with Crippen LogP contribution in [0.5, 0.6) is 0 Å². The fourth-order valence-corrected chi connectivity index (χ4v) is 6.02. The molecule has 0 radical (unpaired) electrons.